The number of hydrogen-bond acceptors (Lipinski definition) is 3. The van der Waals surface area contributed by atoms with Crippen molar-refractivity contribution in [3.8, 4) is 5.75 Å². The lowest BCUT2D eigenvalue weighted by Crippen LogP contribution is -2.34. The van der Waals surface area contributed by atoms with E-state index in [-0.39, 0.29) is 5.91 Å². The highest BCUT2D eigenvalue weighted by Crippen LogP contribution is 2.11. The standard InChI is InChI=1S/C15H24N2O2/c1-4-17(5-2)12-11-16-15(18)13-7-9-14(10-8-13)19-6-3/h7-10H,4-6,11-12H2,1-3H3,(H,16,18). The van der Waals surface area contributed by atoms with Gasteiger partial charge in [-0.05, 0) is 44.3 Å². The van der Waals surface area contributed by atoms with Gasteiger partial charge in [-0.1, -0.05) is 13.8 Å². The third-order valence-corrected chi connectivity index (χ3v) is 3.04. The second kappa shape index (κ2) is 8.53. The minimum Gasteiger partial charge on any atom is -0.494 e. The topological polar surface area (TPSA) is 41.6 Å². The van der Waals surface area contributed by atoms with Crippen molar-refractivity contribution >= 4 is 5.91 Å². The quantitative estimate of drug-likeness (QED) is 0.782. The Balaban J connectivity index is 2.40. The van der Waals surface area contributed by atoms with Crippen molar-refractivity contribution in [3.63, 3.8) is 0 Å². The first-order valence-electron chi connectivity index (χ1n) is 6.94. The number of ether oxygens (including phenoxy) is 1. The Labute approximate surface area is 115 Å². The molecule has 0 heterocycles. The second-order valence-electron chi connectivity index (χ2n) is 4.24. The molecule has 19 heavy (non-hydrogen) atoms. The van der Waals surface area contributed by atoms with Crippen LogP contribution >= 0.6 is 0 Å². The van der Waals surface area contributed by atoms with Crippen LogP contribution in [0.15, 0.2) is 24.3 Å². The molecular weight excluding hydrogens is 240 g/mol. The van der Waals surface area contributed by atoms with Crippen LogP contribution in [0.25, 0.3) is 0 Å². The number of hydrogen-bond donors (Lipinski definition) is 1. The van der Waals surface area contributed by atoms with Crippen molar-refractivity contribution in [2.24, 2.45) is 0 Å². The first kappa shape index (κ1) is 15.5. The highest BCUT2D eigenvalue weighted by Gasteiger charge is 2.06. The van der Waals surface area contributed by atoms with Gasteiger partial charge in [0.25, 0.3) is 5.91 Å². The van der Waals surface area contributed by atoms with Crippen LogP contribution in [0.4, 0.5) is 0 Å². The average Bonchev–Trinajstić information content (AvgIpc) is 2.44. The zero-order valence-electron chi connectivity index (χ0n) is 12.1. The normalized spacial score (nSPS) is 10.5. The highest BCUT2D eigenvalue weighted by molar-refractivity contribution is 5.94. The lowest BCUT2D eigenvalue weighted by Gasteiger charge is -2.17. The van der Waals surface area contributed by atoms with Crippen LogP contribution in [0.1, 0.15) is 31.1 Å². The van der Waals surface area contributed by atoms with E-state index in [1.807, 2.05) is 19.1 Å². The summed E-state index contributed by atoms with van der Waals surface area (Å²) in [6, 6.07) is 7.22. The molecule has 1 N–H and O–H groups in total. The van der Waals surface area contributed by atoms with Gasteiger partial charge >= 0.3 is 0 Å². The van der Waals surface area contributed by atoms with Crippen LogP contribution in [0.2, 0.25) is 0 Å². The molecular formula is C15H24N2O2. The van der Waals surface area contributed by atoms with Crippen LogP contribution in [0, 0.1) is 0 Å². The summed E-state index contributed by atoms with van der Waals surface area (Å²) in [5.41, 5.74) is 0.669. The molecule has 1 rings (SSSR count). The average molecular weight is 264 g/mol. The molecule has 0 aromatic heterocycles. The molecule has 0 aliphatic carbocycles. The molecule has 0 spiro atoms. The van der Waals surface area contributed by atoms with Crippen LogP contribution in [-0.2, 0) is 0 Å². The van der Waals surface area contributed by atoms with Gasteiger partial charge in [0.15, 0.2) is 0 Å². The summed E-state index contributed by atoms with van der Waals surface area (Å²) in [4.78, 5) is 14.2. The van der Waals surface area contributed by atoms with Gasteiger partial charge in [0.05, 0.1) is 6.61 Å². The van der Waals surface area contributed by atoms with Crippen LogP contribution in [-0.4, -0.2) is 43.6 Å². The van der Waals surface area contributed by atoms with Crippen LogP contribution < -0.4 is 10.1 Å². The molecule has 0 unspecified atom stereocenters. The third kappa shape index (κ3) is 5.30. The number of rotatable bonds is 8. The summed E-state index contributed by atoms with van der Waals surface area (Å²) < 4.78 is 5.34. The van der Waals surface area contributed by atoms with Gasteiger partial charge in [-0.3, -0.25) is 4.79 Å². The molecule has 1 amide bonds. The highest BCUT2D eigenvalue weighted by atomic mass is 16.5. The molecule has 0 fully saturated rings. The Morgan fingerprint density at radius 3 is 2.32 bits per heavy atom. The fourth-order valence-corrected chi connectivity index (χ4v) is 1.84. The first-order valence-corrected chi connectivity index (χ1v) is 6.94. The summed E-state index contributed by atoms with van der Waals surface area (Å²) >= 11 is 0. The monoisotopic (exact) mass is 264 g/mol. The van der Waals surface area contributed by atoms with Crippen LogP contribution in [0.5, 0.6) is 5.75 Å². The Hall–Kier alpha value is -1.55. The van der Waals surface area contributed by atoms with E-state index >= 15 is 0 Å². The minimum absolute atomic E-state index is 0.0322. The number of carbonyl (C=O) groups is 1. The van der Waals surface area contributed by atoms with Gasteiger partial charge in [-0.2, -0.15) is 0 Å². The predicted octanol–water partition coefficient (Wildman–Crippen LogP) is 2.16. The van der Waals surface area contributed by atoms with Gasteiger partial charge in [0.2, 0.25) is 0 Å². The van der Waals surface area contributed by atoms with Gasteiger partial charge < -0.3 is 15.0 Å². The Kier molecular flexibility index (Phi) is 6.97. The summed E-state index contributed by atoms with van der Waals surface area (Å²) in [6.45, 7) is 10.4. The van der Waals surface area contributed by atoms with Crippen molar-refractivity contribution in [1.29, 1.82) is 0 Å². The summed E-state index contributed by atoms with van der Waals surface area (Å²) in [7, 11) is 0. The molecule has 1 aromatic carbocycles. The maximum Gasteiger partial charge on any atom is 0.251 e. The molecule has 4 heteroatoms. The largest absolute Gasteiger partial charge is 0.494 e. The molecule has 0 bridgehead atoms. The van der Waals surface area contributed by atoms with Crippen molar-refractivity contribution in [2.45, 2.75) is 20.8 Å². The van der Waals surface area contributed by atoms with Gasteiger partial charge in [-0.25, -0.2) is 0 Å². The number of benzene rings is 1. The Bertz CT molecular complexity index is 372. The zero-order valence-corrected chi connectivity index (χ0v) is 12.1. The summed E-state index contributed by atoms with van der Waals surface area (Å²) in [5, 5.41) is 2.93. The van der Waals surface area contributed by atoms with E-state index in [2.05, 4.69) is 24.1 Å². The first-order chi connectivity index (χ1) is 9.21. The summed E-state index contributed by atoms with van der Waals surface area (Å²) in [5.74, 6) is 0.761. The third-order valence-electron chi connectivity index (χ3n) is 3.04. The molecule has 106 valence electrons. The van der Waals surface area contributed by atoms with Crippen molar-refractivity contribution in [3.05, 3.63) is 29.8 Å². The zero-order chi connectivity index (χ0) is 14.1. The van der Waals surface area contributed by atoms with E-state index in [9.17, 15) is 4.79 Å². The van der Waals surface area contributed by atoms with Gasteiger partial charge in [0, 0.05) is 18.7 Å². The molecule has 0 saturated carbocycles. The smallest absolute Gasteiger partial charge is 0.251 e. The number of nitrogens with one attached hydrogen (secondary N) is 1. The second-order valence-corrected chi connectivity index (χ2v) is 4.24. The molecule has 0 atom stereocenters. The maximum absolute atomic E-state index is 11.9. The molecule has 0 aliphatic heterocycles. The van der Waals surface area contributed by atoms with E-state index in [4.69, 9.17) is 4.74 Å². The molecule has 0 aliphatic rings. The fourth-order valence-electron chi connectivity index (χ4n) is 1.84. The Morgan fingerprint density at radius 1 is 1.16 bits per heavy atom. The molecule has 1 aromatic rings. The van der Waals surface area contributed by atoms with Crippen molar-refractivity contribution in [2.75, 3.05) is 32.8 Å². The summed E-state index contributed by atoms with van der Waals surface area (Å²) in [6.07, 6.45) is 0. The predicted molar refractivity (Wildman–Crippen MR) is 77.7 cm³/mol. The van der Waals surface area contributed by atoms with Gasteiger partial charge in [-0.15, -0.1) is 0 Å². The number of likely N-dealkylation sites (N-methyl/N-ethyl adjacent to an activating group) is 1. The van der Waals surface area contributed by atoms with E-state index in [0.717, 1.165) is 25.4 Å². The minimum atomic E-state index is -0.0322. The fraction of sp³-hybridized carbons (Fsp3) is 0.533. The Morgan fingerprint density at radius 2 is 1.79 bits per heavy atom. The van der Waals surface area contributed by atoms with E-state index < -0.39 is 0 Å². The number of amides is 1. The number of carbonyl (C=O) groups excluding carboxylic acids is 1. The number of nitrogens with zero attached hydrogens (tertiary/aromatic N) is 1. The van der Waals surface area contributed by atoms with E-state index in [0.29, 0.717) is 18.7 Å². The van der Waals surface area contributed by atoms with Gasteiger partial charge in [0.1, 0.15) is 5.75 Å². The molecule has 0 saturated heterocycles. The van der Waals surface area contributed by atoms with E-state index in [1.165, 1.54) is 0 Å². The maximum atomic E-state index is 11.9. The lowest BCUT2D eigenvalue weighted by molar-refractivity contribution is 0.0949. The van der Waals surface area contributed by atoms with Crippen molar-refractivity contribution < 1.29 is 9.53 Å². The molecule has 4 nitrogen and oxygen atoms in total. The van der Waals surface area contributed by atoms with E-state index in [1.54, 1.807) is 12.1 Å². The SMILES string of the molecule is CCOc1ccc(C(=O)NCCN(CC)CC)cc1. The van der Waals surface area contributed by atoms with Crippen LogP contribution in [0.3, 0.4) is 0 Å². The van der Waals surface area contributed by atoms with Crippen molar-refractivity contribution in [1.82, 2.24) is 10.2 Å². The lowest BCUT2D eigenvalue weighted by atomic mass is 10.2. The molecule has 0 radical (unpaired) electrons.